The predicted octanol–water partition coefficient (Wildman–Crippen LogP) is 2.70. The zero-order chi connectivity index (χ0) is 14.1. The minimum atomic E-state index is 0.554. The second kappa shape index (κ2) is 4.81. The van der Waals surface area contributed by atoms with Crippen molar-refractivity contribution in [3.63, 3.8) is 0 Å². The van der Waals surface area contributed by atoms with E-state index in [0.717, 1.165) is 15.6 Å². The zero-order valence-electron chi connectivity index (χ0n) is 10.4. The average Bonchev–Trinajstić information content (AvgIpc) is 2.95. The number of pyridine rings is 1. The van der Waals surface area contributed by atoms with E-state index in [2.05, 4.69) is 16.5 Å². The molecule has 20 heavy (non-hydrogen) atoms. The molecule has 2 aromatic heterocycles. The Morgan fingerprint density at radius 1 is 1.20 bits per heavy atom. The summed E-state index contributed by atoms with van der Waals surface area (Å²) in [4.78, 5) is 4.47. The van der Waals surface area contributed by atoms with Crippen LogP contribution in [-0.4, -0.2) is 4.98 Å². The summed E-state index contributed by atoms with van der Waals surface area (Å²) in [6, 6.07) is 11.4. The molecule has 5 N–H and O–H groups in total. The largest absolute Gasteiger partial charge is 0.399 e. The van der Waals surface area contributed by atoms with Crippen LogP contribution < -0.4 is 17.0 Å². The van der Waals surface area contributed by atoms with Gasteiger partial charge in [0.1, 0.15) is 11.9 Å². The maximum absolute atomic E-state index is 9.45. The summed E-state index contributed by atoms with van der Waals surface area (Å²) in [7, 11) is 0. The summed E-state index contributed by atoms with van der Waals surface area (Å²) in [5.74, 6) is 6.09. The number of nitrogens with one attached hydrogen (secondary N) is 1. The molecule has 2 heterocycles. The van der Waals surface area contributed by atoms with Crippen LogP contribution in [0.4, 0.5) is 11.5 Å². The fourth-order valence-corrected chi connectivity index (χ4v) is 2.98. The Labute approximate surface area is 119 Å². The monoisotopic (exact) mass is 281 g/mol. The Bertz CT molecular complexity index is 814. The third kappa shape index (κ3) is 1.86. The fourth-order valence-electron chi connectivity index (χ4n) is 2.09. The molecule has 0 saturated heterocycles. The van der Waals surface area contributed by atoms with Gasteiger partial charge >= 0.3 is 0 Å². The van der Waals surface area contributed by atoms with Crippen molar-refractivity contribution in [2.75, 3.05) is 11.2 Å². The Kier molecular flexibility index (Phi) is 2.99. The zero-order valence-corrected chi connectivity index (χ0v) is 11.2. The van der Waals surface area contributed by atoms with Gasteiger partial charge in [-0.05, 0) is 23.6 Å². The van der Waals surface area contributed by atoms with Crippen molar-refractivity contribution >= 4 is 32.9 Å². The molecule has 0 bridgehead atoms. The van der Waals surface area contributed by atoms with Crippen LogP contribution in [0.1, 0.15) is 5.56 Å². The molecule has 0 spiro atoms. The van der Waals surface area contributed by atoms with E-state index < -0.39 is 0 Å². The Balaban J connectivity index is 2.34. The minimum Gasteiger partial charge on any atom is -0.399 e. The van der Waals surface area contributed by atoms with Crippen LogP contribution in [-0.2, 0) is 0 Å². The SMILES string of the molecule is N#Cc1c(-c2ccc(N)cc2)nc(NN)c2ccsc12. The van der Waals surface area contributed by atoms with E-state index in [9.17, 15) is 5.26 Å². The molecule has 0 saturated carbocycles. The van der Waals surface area contributed by atoms with Crippen LogP contribution in [0.2, 0.25) is 0 Å². The van der Waals surface area contributed by atoms with Gasteiger partial charge in [0.15, 0.2) is 0 Å². The van der Waals surface area contributed by atoms with Crippen molar-refractivity contribution < 1.29 is 0 Å². The third-order valence-electron chi connectivity index (χ3n) is 3.04. The van der Waals surface area contributed by atoms with Crippen molar-refractivity contribution in [2.24, 2.45) is 5.84 Å². The molecule has 0 amide bonds. The normalized spacial score (nSPS) is 10.4. The highest BCUT2D eigenvalue weighted by Crippen LogP contribution is 2.35. The molecule has 3 aromatic rings. The van der Waals surface area contributed by atoms with E-state index in [1.165, 1.54) is 11.3 Å². The number of nitrogen functional groups attached to an aromatic ring is 2. The van der Waals surface area contributed by atoms with Crippen molar-refractivity contribution in [3.8, 4) is 17.3 Å². The standard InChI is InChI=1S/C14H11N5S/c15-7-11-12(8-1-3-9(16)4-2-8)18-14(19-17)10-5-6-20-13(10)11/h1-6H,16-17H2,(H,18,19). The van der Waals surface area contributed by atoms with Crippen LogP contribution in [0.25, 0.3) is 21.3 Å². The van der Waals surface area contributed by atoms with Gasteiger partial charge in [-0.25, -0.2) is 10.8 Å². The van der Waals surface area contributed by atoms with Crippen molar-refractivity contribution in [1.82, 2.24) is 4.98 Å². The number of hydrogen-bond acceptors (Lipinski definition) is 6. The summed E-state index contributed by atoms with van der Waals surface area (Å²) < 4.78 is 0.877. The van der Waals surface area contributed by atoms with E-state index in [1.54, 1.807) is 12.1 Å². The third-order valence-corrected chi connectivity index (χ3v) is 3.97. The topological polar surface area (TPSA) is 101 Å². The lowest BCUT2D eigenvalue weighted by Gasteiger charge is -2.09. The number of hydrogen-bond donors (Lipinski definition) is 3. The Hall–Kier alpha value is -2.62. The summed E-state index contributed by atoms with van der Waals surface area (Å²) >= 11 is 1.50. The van der Waals surface area contributed by atoms with E-state index in [0.29, 0.717) is 22.8 Å². The lowest BCUT2D eigenvalue weighted by molar-refractivity contribution is 1.25. The lowest BCUT2D eigenvalue weighted by Crippen LogP contribution is -2.09. The number of nitrogens with zero attached hydrogens (tertiary/aromatic N) is 2. The highest BCUT2D eigenvalue weighted by Gasteiger charge is 2.15. The van der Waals surface area contributed by atoms with Gasteiger partial charge in [0.25, 0.3) is 0 Å². The molecule has 3 rings (SSSR count). The van der Waals surface area contributed by atoms with Gasteiger partial charge in [-0.1, -0.05) is 12.1 Å². The van der Waals surface area contributed by atoms with Gasteiger partial charge in [-0.15, -0.1) is 11.3 Å². The first-order chi connectivity index (χ1) is 9.74. The quantitative estimate of drug-likeness (QED) is 0.381. The van der Waals surface area contributed by atoms with Crippen molar-refractivity contribution in [1.29, 1.82) is 5.26 Å². The van der Waals surface area contributed by atoms with Gasteiger partial charge in [-0.3, -0.25) is 0 Å². The number of thiophene rings is 1. The smallest absolute Gasteiger partial charge is 0.149 e. The van der Waals surface area contributed by atoms with Crippen molar-refractivity contribution in [2.45, 2.75) is 0 Å². The average molecular weight is 281 g/mol. The summed E-state index contributed by atoms with van der Waals surface area (Å²) in [6.45, 7) is 0. The molecular weight excluding hydrogens is 270 g/mol. The maximum Gasteiger partial charge on any atom is 0.149 e. The van der Waals surface area contributed by atoms with E-state index >= 15 is 0 Å². The number of nitriles is 1. The van der Waals surface area contributed by atoms with E-state index in [4.69, 9.17) is 11.6 Å². The molecule has 0 aliphatic rings. The molecule has 0 fully saturated rings. The van der Waals surface area contributed by atoms with Crippen LogP contribution in [0.15, 0.2) is 35.7 Å². The van der Waals surface area contributed by atoms with Crippen LogP contribution >= 0.6 is 11.3 Å². The van der Waals surface area contributed by atoms with Gasteiger partial charge in [-0.2, -0.15) is 5.26 Å². The number of aromatic nitrogens is 1. The van der Waals surface area contributed by atoms with Gasteiger partial charge in [0, 0.05) is 16.6 Å². The second-order valence-corrected chi connectivity index (χ2v) is 5.14. The van der Waals surface area contributed by atoms with Crippen LogP contribution in [0, 0.1) is 11.3 Å². The molecule has 1 aromatic carbocycles. The molecule has 6 heteroatoms. The van der Waals surface area contributed by atoms with Gasteiger partial charge in [0.2, 0.25) is 0 Å². The molecule has 98 valence electrons. The Morgan fingerprint density at radius 2 is 1.95 bits per heavy atom. The molecular formula is C14H11N5S. The number of hydrazine groups is 1. The minimum absolute atomic E-state index is 0.554. The second-order valence-electron chi connectivity index (χ2n) is 4.23. The summed E-state index contributed by atoms with van der Waals surface area (Å²) in [5, 5.41) is 12.2. The van der Waals surface area contributed by atoms with E-state index in [1.807, 2.05) is 23.6 Å². The summed E-state index contributed by atoms with van der Waals surface area (Å²) in [6.07, 6.45) is 0. The first kappa shape index (κ1) is 12.4. The fraction of sp³-hybridized carbons (Fsp3) is 0. The number of nitrogens with two attached hydrogens (primary N) is 2. The first-order valence-corrected chi connectivity index (χ1v) is 6.76. The molecule has 5 nitrogen and oxygen atoms in total. The lowest BCUT2D eigenvalue weighted by atomic mass is 10.0. The summed E-state index contributed by atoms with van der Waals surface area (Å²) in [5.41, 5.74) is 10.9. The van der Waals surface area contributed by atoms with E-state index in [-0.39, 0.29) is 0 Å². The predicted molar refractivity (Wildman–Crippen MR) is 82.0 cm³/mol. The number of rotatable bonds is 2. The highest BCUT2D eigenvalue weighted by molar-refractivity contribution is 7.17. The molecule has 0 atom stereocenters. The Morgan fingerprint density at radius 3 is 2.60 bits per heavy atom. The molecule has 0 unspecified atom stereocenters. The molecule has 0 aliphatic carbocycles. The first-order valence-electron chi connectivity index (χ1n) is 5.88. The van der Waals surface area contributed by atoms with Crippen LogP contribution in [0.5, 0.6) is 0 Å². The number of fused-ring (bicyclic) bond motifs is 1. The van der Waals surface area contributed by atoms with Gasteiger partial charge in [0.05, 0.1) is 16.0 Å². The molecule has 0 aliphatic heterocycles. The van der Waals surface area contributed by atoms with Crippen molar-refractivity contribution in [3.05, 3.63) is 41.3 Å². The highest BCUT2D eigenvalue weighted by atomic mass is 32.1. The number of benzene rings is 1. The van der Waals surface area contributed by atoms with Crippen LogP contribution in [0.3, 0.4) is 0 Å². The van der Waals surface area contributed by atoms with Gasteiger partial charge < -0.3 is 11.2 Å². The maximum atomic E-state index is 9.45. The number of anilines is 2. The molecule has 0 radical (unpaired) electrons.